The Morgan fingerprint density at radius 2 is 1.10 bits per heavy atom. The van der Waals surface area contributed by atoms with E-state index >= 15 is 0 Å². The Morgan fingerprint density at radius 1 is 0.750 bits per heavy atom. The van der Waals surface area contributed by atoms with Gasteiger partial charge in [0.05, 0.1) is 32.7 Å². The molecular formula is C35H50BCl4N2O6. The molecule has 2 aromatic heterocycles. The molecule has 2 heterocycles. The van der Waals surface area contributed by atoms with E-state index in [0.29, 0.717) is 43.0 Å². The number of esters is 3. The smallest absolute Gasteiger partial charge is 0.332 e. The first-order chi connectivity index (χ1) is 22.6. The van der Waals surface area contributed by atoms with Gasteiger partial charge in [-0.15, -0.1) is 46.4 Å². The van der Waals surface area contributed by atoms with Crippen molar-refractivity contribution >= 4 is 71.6 Å². The average molecular weight is 747 g/mol. The summed E-state index contributed by atoms with van der Waals surface area (Å²) in [5, 5.41) is 0. The summed E-state index contributed by atoms with van der Waals surface area (Å²) in [5.74, 6) is -0.0995. The number of carbonyl (C=O) groups excluding carboxylic acids is 3. The van der Waals surface area contributed by atoms with Gasteiger partial charge >= 0.3 is 17.9 Å². The van der Waals surface area contributed by atoms with Gasteiger partial charge in [-0.1, -0.05) is 56.7 Å². The summed E-state index contributed by atoms with van der Waals surface area (Å²) >= 11 is 22.6. The highest BCUT2D eigenvalue weighted by Gasteiger charge is 2.31. The molecule has 0 bridgehead atoms. The second kappa shape index (κ2) is 31.4. The Balaban J connectivity index is -0.000000607. The molecule has 0 aromatic carbocycles. The minimum Gasteiger partial charge on any atom is -0.468 e. The highest BCUT2D eigenvalue weighted by Crippen LogP contribution is 2.24. The van der Waals surface area contributed by atoms with Gasteiger partial charge in [0.25, 0.3) is 0 Å². The third-order valence-electron chi connectivity index (χ3n) is 5.42. The lowest BCUT2D eigenvalue weighted by Gasteiger charge is -2.18. The molecule has 0 saturated carbocycles. The lowest BCUT2D eigenvalue weighted by atomic mass is 9.88. The summed E-state index contributed by atoms with van der Waals surface area (Å²) in [7, 11) is 5.96. The Bertz CT molecular complexity index is 1120. The molecule has 0 aliphatic rings. The molecule has 0 saturated heterocycles. The molecule has 2 unspecified atom stereocenters. The predicted octanol–water partition coefficient (Wildman–Crippen LogP) is 9.13. The second-order valence-electron chi connectivity index (χ2n) is 9.99. The Hall–Kier alpha value is -2.85. The van der Waals surface area contributed by atoms with Crippen LogP contribution in [0.15, 0.2) is 85.2 Å². The van der Waals surface area contributed by atoms with Gasteiger partial charge in [0.1, 0.15) is 17.0 Å². The molecule has 0 aliphatic carbocycles. The monoisotopic (exact) mass is 745 g/mol. The lowest BCUT2D eigenvalue weighted by molar-refractivity contribution is -0.144. The summed E-state index contributed by atoms with van der Waals surface area (Å²) in [6, 6.07) is 11.6. The van der Waals surface area contributed by atoms with Gasteiger partial charge in [0.15, 0.2) is 0 Å². The van der Waals surface area contributed by atoms with Crippen LogP contribution in [0.25, 0.3) is 11.4 Å². The van der Waals surface area contributed by atoms with Crippen LogP contribution >= 0.6 is 46.4 Å². The minimum atomic E-state index is -1.01. The number of hydrogen-bond donors (Lipinski definition) is 0. The van der Waals surface area contributed by atoms with Crippen molar-refractivity contribution in [2.75, 3.05) is 33.1 Å². The van der Waals surface area contributed by atoms with E-state index < -0.39 is 21.7 Å². The van der Waals surface area contributed by atoms with Crippen LogP contribution in [0.3, 0.4) is 0 Å². The highest BCUT2D eigenvalue weighted by atomic mass is 35.5. The quantitative estimate of drug-likeness (QED) is 0.0529. The number of allylic oxidation sites excluding steroid dienone is 4. The van der Waals surface area contributed by atoms with Crippen molar-refractivity contribution in [2.24, 2.45) is 0 Å². The van der Waals surface area contributed by atoms with Crippen molar-refractivity contribution in [3.63, 3.8) is 0 Å². The maximum absolute atomic E-state index is 11.3. The van der Waals surface area contributed by atoms with Gasteiger partial charge in [-0.05, 0) is 70.7 Å². The van der Waals surface area contributed by atoms with E-state index in [0.717, 1.165) is 11.4 Å². The van der Waals surface area contributed by atoms with E-state index in [-0.39, 0.29) is 5.97 Å². The van der Waals surface area contributed by atoms with E-state index in [1.165, 1.54) is 21.3 Å². The average Bonchev–Trinajstić information content (AvgIpc) is 3.09. The summed E-state index contributed by atoms with van der Waals surface area (Å²) in [6.45, 7) is 12.2. The Labute approximate surface area is 308 Å². The van der Waals surface area contributed by atoms with E-state index in [4.69, 9.17) is 46.4 Å². The number of pyridine rings is 2. The highest BCUT2D eigenvalue weighted by molar-refractivity contribution is 6.34. The maximum Gasteiger partial charge on any atom is 0.332 e. The molecule has 1 radical (unpaired) electrons. The molecule has 2 atom stereocenters. The SMILES string of the molecule is C=C(C)C(=O)OC.COC(=O)C(C)(Cl)CC/C=C/CCC(C)(Cl)C(=O)OC.C[B]C.ClC/C=C/CCl.c1ccc(-c2ccccn2)nc1. The standard InChI is InChI=1S/C14H22Cl2O4.C10H8N2.C5H8O2.C4H6Cl2.C2H6B/c1-13(15,11(17)19-3)9-7-5-6-8-10-14(2,16)12(18)20-4;1-3-7-11-9(5-1)10-6-2-4-8-12-10;1-4(2)5(6)7-3;5-3-1-2-4-6;1-3-2/h5-6H,7-10H2,1-4H3;1-8H;1H2,2-3H3;1-2H,3-4H2;1-2H3/b6-5+;;;2-1+;. The van der Waals surface area contributed by atoms with Gasteiger partial charge in [-0.25, -0.2) is 4.79 Å². The number of rotatable bonds is 12. The molecule has 8 nitrogen and oxygen atoms in total. The first kappa shape index (κ1) is 49.5. The van der Waals surface area contributed by atoms with Crippen LogP contribution in [0.1, 0.15) is 46.5 Å². The number of ether oxygens (including phenoxy) is 3. The number of carbonyl (C=O) groups is 3. The van der Waals surface area contributed by atoms with Crippen LogP contribution in [0.5, 0.6) is 0 Å². The molecule has 13 heteroatoms. The fourth-order valence-electron chi connectivity index (χ4n) is 2.90. The van der Waals surface area contributed by atoms with Crippen molar-refractivity contribution in [2.45, 2.75) is 69.8 Å². The molecule has 0 aliphatic heterocycles. The van der Waals surface area contributed by atoms with E-state index in [2.05, 4.69) is 30.8 Å². The van der Waals surface area contributed by atoms with Crippen LogP contribution in [0, 0.1) is 0 Å². The third-order valence-corrected chi connectivity index (χ3v) is 6.46. The number of alkyl halides is 4. The van der Waals surface area contributed by atoms with E-state index in [1.807, 2.05) is 81.6 Å². The zero-order valence-electron chi connectivity index (χ0n) is 29.3. The van der Waals surface area contributed by atoms with Crippen molar-refractivity contribution in [3.05, 3.63) is 85.2 Å². The normalized spacial score (nSPS) is 12.3. The molecule has 2 rings (SSSR count). The topological polar surface area (TPSA) is 105 Å². The molecule has 267 valence electrons. The van der Waals surface area contributed by atoms with Crippen molar-refractivity contribution < 1.29 is 28.6 Å². The second-order valence-corrected chi connectivity index (χ2v) is 12.3. The summed E-state index contributed by atoms with van der Waals surface area (Å²) < 4.78 is 13.5. The van der Waals surface area contributed by atoms with Crippen molar-refractivity contribution in [1.82, 2.24) is 9.97 Å². The first-order valence-corrected chi connectivity index (χ1v) is 16.7. The number of methoxy groups -OCH3 is 3. The zero-order valence-corrected chi connectivity index (χ0v) is 32.3. The molecular weight excluding hydrogens is 697 g/mol. The van der Waals surface area contributed by atoms with Gasteiger partial charge in [0, 0.05) is 29.7 Å². The van der Waals surface area contributed by atoms with Gasteiger partial charge < -0.3 is 14.2 Å². The van der Waals surface area contributed by atoms with Gasteiger partial charge in [-0.3, -0.25) is 19.6 Å². The minimum absolute atomic E-state index is 0.347. The van der Waals surface area contributed by atoms with Gasteiger partial charge in [0.2, 0.25) is 0 Å². The fourth-order valence-corrected chi connectivity index (χ4v) is 3.53. The predicted molar refractivity (Wildman–Crippen MR) is 203 cm³/mol. The number of halogens is 4. The maximum atomic E-state index is 11.3. The molecule has 2 aromatic rings. The van der Waals surface area contributed by atoms with Crippen LogP contribution in [0.2, 0.25) is 13.6 Å². The molecule has 0 fully saturated rings. The molecule has 0 N–H and O–H groups in total. The molecule has 0 amide bonds. The number of nitrogens with zero attached hydrogens (tertiary/aromatic N) is 2. The number of aromatic nitrogens is 2. The molecule has 0 spiro atoms. The van der Waals surface area contributed by atoms with Crippen LogP contribution in [-0.4, -0.2) is 78.0 Å². The van der Waals surface area contributed by atoms with Crippen molar-refractivity contribution in [1.29, 1.82) is 0 Å². The third kappa shape index (κ3) is 27.1. The van der Waals surface area contributed by atoms with Crippen LogP contribution in [0.4, 0.5) is 0 Å². The summed E-state index contributed by atoms with van der Waals surface area (Å²) in [5.41, 5.74) is 2.26. The van der Waals surface area contributed by atoms with Crippen LogP contribution < -0.4 is 0 Å². The van der Waals surface area contributed by atoms with E-state index in [1.54, 1.807) is 33.2 Å². The summed E-state index contributed by atoms with van der Waals surface area (Å²) in [6.07, 6.45) is 13.2. The lowest BCUT2D eigenvalue weighted by Crippen LogP contribution is -2.30. The van der Waals surface area contributed by atoms with Gasteiger partial charge in [-0.2, -0.15) is 0 Å². The number of hydrogen-bond acceptors (Lipinski definition) is 8. The fraction of sp³-hybridized carbons (Fsp3) is 0.457. The zero-order chi connectivity index (χ0) is 37.4. The Morgan fingerprint density at radius 3 is 1.31 bits per heavy atom. The Kier molecular flexibility index (Phi) is 32.4. The van der Waals surface area contributed by atoms with Crippen molar-refractivity contribution in [3.8, 4) is 11.4 Å². The van der Waals surface area contributed by atoms with E-state index in [9.17, 15) is 14.4 Å². The summed E-state index contributed by atoms with van der Waals surface area (Å²) in [4.78, 5) is 39.2. The van der Waals surface area contributed by atoms with Crippen LogP contribution in [-0.2, 0) is 28.6 Å². The molecule has 48 heavy (non-hydrogen) atoms. The first-order valence-electron chi connectivity index (χ1n) is 14.9. The largest absolute Gasteiger partial charge is 0.468 e.